The number of ether oxygens (including phenoxy) is 1. The zero-order valence-corrected chi connectivity index (χ0v) is 10.1. The zero-order chi connectivity index (χ0) is 13.4. The molecular weight excluding hydrogens is 248 g/mol. The predicted molar refractivity (Wildman–Crippen MR) is 62.4 cm³/mol. The highest BCUT2D eigenvalue weighted by atomic mass is 32.1. The summed E-state index contributed by atoms with van der Waals surface area (Å²) in [6.07, 6.45) is -0.0417. The fourth-order valence-electron chi connectivity index (χ4n) is 0.893. The molecule has 0 aliphatic heterocycles. The van der Waals surface area contributed by atoms with E-state index in [-0.39, 0.29) is 12.8 Å². The van der Waals surface area contributed by atoms with Crippen LogP contribution in [0.4, 0.5) is 0 Å². The van der Waals surface area contributed by atoms with Crippen LogP contribution in [0, 0.1) is 0 Å². The van der Waals surface area contributed by atoms with E-state index in [0.717, 1.165) is 0 Å². The van der Waals surface area contributed by atoms with E-state index in [0.29, 0.717) is 12.2 Å². The topological polar surface area (TPSA) is 133 Å². The van der Waals surface area contributed by atoms with Crippen LogP contribution in [0.3, 0.4) is 0 Å². The van der Waals surface area contributed by atoms with E-state index in [2.05, 4.69) is 17.4 Å². The molecule has 0 rings (SSSR count). The van der Waals surface area contributed by atoms with Gasteiger partial charge in [0.1, 0.15) is 12.1 Å². The smallest absolute Gasteiger partial charge is 0.330 e. The lowest BCUT2D eigenvalue weighted by Crippen LogP contribution is -2.35. The Morgan fingerprint density at radius 2 is 1.76 bits per heavy atom. The van der Waals surface area contributed by atoms with Gasteiger partial charge in [-0.3, -0.25) is 9.59 Å². The second kappa shape index (κ2) is 8.04. The van der Waals surface area contributed by atoms with Crippen molar-refractivity contribution in [3.63, 3.8) is 0 Å². The highest BCUT2D eigenvalue weighted by Gasteiger charge is 2.19. The van der Waals surface area contributed by atoms with Gasteiger partial charge >= 0.3 is 17.9 Å². The van der Waals surface area contributed by atoms with Gasteiger partial charge in [0.2, 0.25) is 0 Å². The quantitative estimate of drug-likeness (QED) is 0.260. The van der Waals surface area contributed by atoms with Crippen molar-refractivity contribution in [1.82, 2.24) is 0 Å². The summed E-state index contributed by atoms with van der Waals surface area (Å²) in [5.41, 5.74) is 10.6. The van der Waals surface area contributed by atoms with Gasteiger partial charge in [-0.1, -0.05) is 0 Å². The third-order valence-electron chi connectivity index (χ3n) is 1.93. The summed E-state index contributed by atoms with van der Waals surface area (Å²) >= 11 is 3.88. The number of carboxylic acid groups (broad SMARTS) is 1. The van der Waals surface area contributed by atoms with Gasteiger partial charge in [-0.2, -0.15) is 12.6 Å². The minimum Gasteiger partial charge on any atom is -0.480 e. The van der Waals surface area contributed by atoms with Crippen molar-refractivity contribution in [3.05, 3.63) is 0 Å². The molecule has 0 aromatic rings. The van der Waals surface area contributed by atoms with E-state index in [4.69, 9.17) is 16.6 Å². The lowest BCUT2D eigenvalue weighted by Gasteiger charge is -2.09. The van der Waals surface area contributed by atoms with Crippen molar-refractivity contribution >= 4 is 30.5 Å². The number of hydrogen-bond donors (Lipinski definition) is 4. The van der Waals surface area contributed by atoms with Gasteiger partial charge in [-0.05, 0) is 18.6 Å². The molecule has 8 heteroatoms. The number of nitrogens with two attached hydrogens (primary N) is 2. The van der Waals surface area contributed by atoms with Crippen molar-refractivity contribution in [2.24, 2.45) is 11.5 Å². The molecule has 17 heavy (non-hydrogen) atoms. The largest absolute Gasteiger partial charge is 0.480 e. The van der Waals surface area contributed by atoms with Crippen LogP contribution < -0.4 is 11.5 Å². The van der Waals surface area contributed by atoms with E-state index in [1.54, 1.807) is 0 Å². The fraction of sp³-hybridized carbons (Fsp3) is 0.667. The molecule has 0 heterocycles. The number of hydrogen-bond acceptors (Lipinski definition) is 7. The molecule has 0 saturated heterocycles. The average molecular weight is 264 g/mol. The van der Waals surface area contributed by atoms with Gasteiger partial charge in [0.05, 0.1) is 0 Å². The number of carbonyl (C=O) groups excluding carboxylic acids is 2. The predicted octanol–water partition coefficient (Wildman–Crippen LogP) is -1.10. The minimum absolute atomic E-state index is 0.0940. The molecule has 0 spiro atoms. The van der Waals surface area contributed by atoms with Gasteiger partial charge in [0.15, 0.2) is 0 Å². The first kappa shape index (κ1) is 15.9. The highest BCUT2D eigenvalue weighted by molar-refractivity contribution is 7.80. The van der Waals surface area contributed by atoms with Crippen molar-refractivity contribution in [1.29, 1.82) is 0 Å². The van der Waals surface area contributed by atoms with Crippen molar-refractivity contribution < 1.29 is 24.2 Å². The second-order valence-corrected chi connectivity index (χ2v) is 3.84. The number of thiol groups is 1. The molecule has 2 atom stereocenters. The van der Waals surface area contributed by atoms with Crippen LogP contribution in [0.1, 0.15) is 19.3 Å². The van der Waals surface area contributed by atoms with Gasteiger partial charge < -0.3 is 21.3 Å². The van der Waals surface area contributed by atoms with Crippen molar-refractivity contribution in [2.45, 2.75) is 31.3 Å². The Kier molecular flexibility index (Phi) is 7.51. The molecular formula is C9H16N2O5S. The van der Waals surface area contributed by atoms with Gasteiger partial charge in [-0.25, -0.2) is 4.79 Å². The maximum absolute atomic E-state index is 11.2. The Morgan fingerprint density at radius 1 is 1.18 bits per heavy atom. The summed E-state index contributed by atoms with van der Waals surface area (Å²) in [7, 11) is 0. The Morgan fingerprint density at radius 3 is 2.24 bits per heavy atom. The maximum atomic E-state index is 11.2. The number of rotatable bonds is 7. The molecule has 0 radical (unpaired) electrons. The summed E-state index contributed by atoms with van der Waals surface area (Å²) in [6.45, 7) is 0. The molecule has 5 N–H and O–H groups in total. The normalized spacial score (nSPS) is 13.8. The SMILES string of the molecule is N[C@H](CCS)C(=O)OC(=O)CC[C@H](N)C(=O)O. The standard InChI is InChI=1S/C9H16N2O5S/c10-5(8(13)14)1-2-7(12)16-9(15)6(11)3-4-17/h5-6,17H,1-4,10-11H2,(H,13,14)/t5-,6+/m0/s1. The van der Waals surface area contributed by atoms with Gasteiger partial charge in [0.25, 0.3) is 0 Å². The first-order valence-electron chi connectivity index (χ1n) is 4.97. The third-order valence-corrected chi connectivity index (χ3v) is 2.19. The Labute approximate surface area is 104 Å². The summed E-state index contributed by atoms with van der Waals surface area (Å²) in [5, 5.41) is 8.46. The molecule has 0 saturated carbocycles. The Balaban J connectivity index is 3.94. The molecule has 0 bridgehead atoms. The van der Waals surface area contributed by atoms with Crippen LogP contribution in [0.5, 0.6) is 0 Å². The fourth-order valence-corrected chi connectivity index (χ4v) is 1.17. The molecule has 0 fully saturated rings. The van der Waals surface area contributed by atoms with E-state index in [9.17, 15) is 14.4 Å². The lowest BCUT2D eigenvalue weighted by molar-refractivity contribution is -0.160. The third kappa shape index (κ3) is 6.93. The molecule has 0 unspecified atom stereocenters. The molecule has 0 amide bonds. The van der Waals surface area contributed by atoms with E-state index < -0.39 is 30.0 Å². The minimum atomic E-state index is -1.21. The molecule has 98 valence electrons. The van der Waals surface area contributed by atoms with Crippen LogP contribution in [0.2, 0.25) is 0 Å². The van der Waals surface area contributed by atoms with Crippen LogP contribution in [-0.2, 0) is 19.1 Å². The monoisotopic (exact) mass is 264 g/mol. The lowest BCUT2D eigenvalue weighted by atomic mass is 10.2. The number of esters is 2. The maximum Gasteiger partial charge on any atom is 0.330 e. The number of aliphatic carboxylic acids is 1. The van der Waals surface area contributed by atoms with Crippen molar-refractivity contribution in [2.75, 3.05) is 5.75 Å². The molecule has 7 nitrogen and oxygen atoms in total. The first-order chi connectivity index (χ1) is 7.88. The number of carboxylic acids is 1. The van der Waals surface area contributed by atoms with E-state index >= 15 is 0 Å². The summed E-state index contributed by atoms with van der Waals surface area (Å²) in [5.74, 6) is -2.49. The molecule has 0 aliphatic rings. The van der Waals surface area contributed by atoms with Gasteiger partial charge in [0, 0.05) is 6.42 Å². The molecule has 0 aromatic heterocycles. The number of carbonyl (C=O) groups is 3. The second-order valence-electron chi connectivity index (χ2n) is 3.40. The van der Waals surface area contributed by atoms with E-state index in [1.807, 2.05) is 0 Å². The van der Waals surface area contributed by atoms with E-state index in [1.165, 1.54) is 0 Å². The molecule has 0 aromatic carbocycles. The summed E-state index contributed by atoms with van der Waals surface area (Å²) in [6, 6.07) is -2.05. The summed E-state index contributed by atoms with van der Waals surface area (Å²) in [4.78, 5) is 32.7. The highest BCUT2D eigenvalue weighted by Crippen LogP contribution is 2.00. The van der Waals surface area contributed by atoms with Crippen LogP contribution in [-0.4, -0.2) is 40.9 Å². The summed E-state index contributed by atoms with van der Waals surface area (Å²) < 4.78 is 4.41. The van der Waals surface area contributed by atoms with Crippen LogP contribution >= 0.6 is 12.6 Å². The van der Waals surface area contributed by atoms with Crippen molar-refractivity contribution in [3.8, 4) is 0 Å². The first-order valence-corrected chi connectivity index (χ1v) is 5.61. The molecule has 0 aliphatic carbocycles. The van der Waals surface area contributed by atoms with Crippen LogP contribution in [0.25, 0.3) is 0 Å². The zero-order valence-electron chi connectivity index (χ0n) is 9.17. The van der Waals surface area contributed by atoms with Gasteiger partial charge in [-0.15, -0.1) is 0 Å². The Hall–Kier alpha value is -1.12. The Bertz CT molecular complexity index is 297. The van der Waals surface area contributed by atoms with Crippen LogP contribution in [0.15, 0.2) is 0 Å². The average Bonchev–Trinajstić information content (AvgIpc) is 2.25.